The maximum atomic E-state index is 12.1. The number of hydrogen-bond acceptors (Lipinski definition) is 5. The lowest BCUT2D eigenvalue weighted by Gasteiger charge is -2.05. The van der Waals surface area contributed by atoms with Crippen molar-refractivity contribution in [2.24, 2.45) is 0 Å². The maximum Gasteiger partial charge on any atom is 0.261 e. The molecule has 0 radical (unpaired) electrons. The summed E-state index contributed by atoms with van der Waals surface area (Å²) in [5.74, 6) is -0.199. The van der Waals surface area contributed by atoms with E-state index >= 15 is 0 Å². The van der Waals surface area contributed by atoms with Crippen molar-refractivity contribution in [3.8, 4) is 0 Å². The smallest absolute Gasteiger partial charge is 0.261 e. The number of hydrogen-bond donors (Lipinski definition) is 3. The summed E-state index contributed by atoms with van der Waals surface area (Å²) in [6.45, 7) is 3.97. The minimum atomic E-state index is -0.360. The van der Waals surface area contributed by atoms with Gasteiger partial charge in [0.2, 0.25) is 0 Å². The van der Waals surface area contributed by atoms with Gasteiger partial charge in [-0.1, -0.05) is 0 Å². The van der Waals surface area contributed by atoms with Crippen molar-refractivity contribution in [1.82, 2.24) is 15.3 Å². The monoisotopic (exact) mass is 295 g/mol. The summed E-state index contributed by atoms with van der Waals surface area (Å²) in [7, 11) is 0. The van der Waals surface area contributed by atoms with Crippen LogP contribution in [0.15, 0.2) is 11.1 Å². The molecular formula is C13H17N3O3S. The standard InChI is InChI=1S/C13H17N3O3S/c1-7(17)4-3-5-14-12(19)10-8(2)9-11(18)15-6-16-13(9)20-10/h6-7,17H,3-5H2,1-2H3,(H,14,19)(H,15,16,18). The van der Waals surface area contributed by atoms with Gasteiger partial charge in [-0.25, -0.2) is 4.98 Å². The van der Waals surface area contributed by atoms with Gasteiger partial charge in [0.1, 0.15) is 4.83 Å². The van der Waals surface area contributed by atoms with Crippen LogP contribution in [0.3, 0.4) is 0 Å². The third-order valence-electron chi connectivity index (χ3n) is 3.02. The Hall–Kier alpha value is -1.73. The molecule has 2 aromatic heterocycles. The van der Waals surface area contributed by atoms with E-state index < -0.39 is 0 Å². The predicted octanol–water partition coefficient (Wildman–Crippen LogP) is 1.18. The average Bonchev–Trinajstić information content (AvgIpc) is 2.73. The quantitative estimate of drug-likeness (QED) is 0.722. The van der Waals surface area contributed by atoms with Crippen LogP contribution >= 0.6 is 11.3 Å². The van der Waals surface area contributed by atoms with Crippen molar-refractivity contribution < 1.29 is 9.90 Å². The highest BCUT2D eigenvalue weighted by Crippen LogP contribution is 2.26. The molecule has 0 fully saturated rings. The van der Waals surface area contributed by atoms with E-state index in [1.807, 2.05) is 0 Å². The number of nitrogens with zero attached hydrogens (tertiary/aromatic N) is 1. The molecule has 1 atom stereocenters. The van der Waals surface area contributed by atoms with Gasteiger partial charge in [-0.2, -0.15) is 0 Å². The van der Waals surface area contributed by atoms with Gasteiger partial charge >= 0.3 is 0 Å². The molecule has 0 aromatic carbocycles. The Balaban J connectivity index is 2.13. The Morgan fingerprint density at radius 2 is 2.35 bits per heavy atom. The van der Waals surface area contributed by atoms with Crippen LogP contribution in [-0.4, -0.2) is 33.6 Å². The van der Waals surface area contributed by atoms with Gasteiger partial charge in [-0.3, -0.25) is 9.59 Å². The molecular weight excluding hydrogens is 278 g/mol. The molecule has 1 unspecified atom stereocenters. The third-order valence-corrected chi connectivity index (χ3v) is 4.22. The first-order valence-corrected chi connectivity index (χ1v) is 7.25. The van der Waals surface area contributed by atoms with Gasteiger partial charge in [0.15, 0.2) is 0 Å². The molecule has 3 N–H and O–H groups in total. The van der Waals surface area contributed by atoms with Gasteiger partial charge in [0, 0.05) is 6.54 Å². The van der Waals surface area contributed by atoms with Crippen LogP contribution in [-0.2, 0) is 0 Å². The molecule has 6 nitrogen and oxygen atoms in total. The lowest BCUT2D eigenvalue weighted by atomic mass is 10.2. The van der Waals surface area contributed by atoms with E-state index in [-0.39, 0.29) is 17.6 Å². The number of H-pyrrole nitrogens is 1. The van der Waals surface area contributed by atoms with Gasteiger partial charge in [-0.15, -0.1) is 11.3 Å². The topological polar surface area (TPSA) is 95.1 Å². The summed E-state index contributed by atoms with van der Waals surface area (Å²) in [6, 6.07) is 0. The van der Waals surface area contributed by atoms with Crippen LogP contribution < -0.4 is 10.9 Å². The second-order valence-electron chi connectivity index (χ2n) is 4.72. The van der Waals surface area contributed by atoms with Crippen molar-refractivity contribution in [2.45, 2.75) is 32.8 Å². The van der Waals surface area contributed by atoms with Crippen molar-refractivity contribution in [3.05, 3.63) is 27.1 Å². The Morgan fingerprint density at radius 3 is 3.00 bits per heavy atom. The van der Waals surface area contributed by atoms with Crippen LogP contribution in [0, 0.1) is 6.92 Å². The number of nitrogens with one attached hydrogen (secondary N) is 2. The average molecular weight is 295 g/mol. The number of aromatic nitrogens is 2. The molecule has 20 heavy (non-hydrogen) atoms. The van der Waals surface area contributed by atoms with E-state index in [2.05, 4.69) is 15.3 Å². The van der Waals surface area contributed by atoms with Gasteiger partial charge in [0.05, 0.1) is 22.7 Å². The Morgan fingerprint density at radius 1 is 1.60 bits per heavy atom. The first kappa shape index (κ1) is 14.7. The highest BCUT2D eigenvalue weighted by Gasteiger charge is 2.17. The SMILES string of the molecule is Cc1c(C(=O)NCCCC(C)O)sc2nc[nH]c(=O)c12. The first-order chi connectivity index (χ1) is 9.50. The van der Waals surface area contributed by atoms with Crippen molar-refractivity contribution >= 4 is 27.5 Å². The summed E-state index contributed by atoms with van der Waals surface area (Å²) in [5.41, 5.74) is 0.435. The molecule has 0 aliphatic rings. The molecule has 2 heterocycles. The predicted molar refractivity (Wildman–Crippen MR) is 78.2 cm³/mol. The molecule has 0 spiro atoms. The van der Waals surface area contributed by atoms with E-state index in [9.17, 15) is 9.59 Å². The van der Waals surface area contributed by atoms with Crippen molar-refractivity contribution in [1.29, 1.82) is 0 Å². The molecule has 1 amide bonds. The molecule has 2 aromatic rings. The number of aryl methyl sites for hydroxylation is 1. The lowest BCUT2D eigenvalue weighted by molar-refractivity contribution is 0.0953. The fourth-order valence-electron chi connectivity index (χ4n) is 1.97. The van der Waals surface area contributed by atoms with Crippen LogP contribution in [0.25, 0.3) is 10.2 Å². The molecule has 0 aliphatic heterocycles. The largest absolute Gasteiger partial charge is 0.393 e. The van der Waals surface area contributed by atoms with Crippen LogP contribution in [0.2, 0.25) is 0 Å². The number of fused-ring (bicyclic) bond motifs is 1. The molecule has 2 rings (SSSR count). The molecule has 7 heteroatoms. The molecule has 0 saturated carbocycles. The summed E-state index contributed by atoms with van der Waals surface area (Å²) < 4.78 is 0. The number of aliphatic hydroxyl groups is 1. The van der Waals surface area contributed by atoms with E-state index in [0.29, 0.717) is 40.0 Å². The Labute approximate surface area is 119 Å². The van der Waals surface area contributed by atoms with E-state index in [0.717, 1.165) is 0 Å². The van der Waals surface area contributed by atoms with Gasteiger partial charge in [0.25, 0.3) is 11.5 Å². The minimum Gasteiger partial charge on any atom is -0.393 e. The molecule has 0 bridgehead atoms. The highest BCUT2D eigenvalue weighted by atomic mass is 32.1. The maximum absolute atomic E-state index is 12.1. The first-order valence-electron chi connectivity index (χ1n) is 6.43. The summed E-state index contributed by atoms with van der Waals surface area (Å²) in [6.07, 6.45) is 2.34. The Kier molecular flexibility index (Phi) is 4.51. The van der Waals surface area contributed by atoms with Crippen LogP contribution in [0.4, 0.5) is 0 Å². The molecule has 0 saturated heterocycles. The highest BCUT2D eigenvalue weighted by molar-refractivity contribution is 7.20. The second-order valence-corrected chi connectivity index (χ2v) is 5.71. The lowest BCUT2D eigenvalue weighted by Crippen LogP contribution is -2.24. The fourth-order valence-corrected chi connectivity index (χ4v) is 3.04. The third kappa shape index (κ3) is 3.05. The van der Waals surface area contributed by atoms with E-state index in [1.54, 1.807) is 13.8 Å². The number of aromatic amines is 1. The second kappa shape index (κ2) is 6.15. The fraction of sp³-hybridized carbons (Fsp3) is 0.462. The number of carbonyl (C=O) groups is 1. The van der Waals surface area contributed by atoms with E-state index in [4.69, 9.17) is 5.11 Å². The molecule has 0 aliphatic carbocycles. The van der Waals surface area contributed by atoms with Crippen LogP contribution in [0.5, 0.6) is 0 Å². The zero-order valence-corrected chi connectivity index (χ0v) is 12.2. The zero-order chi connectivity index (χ0) is 14.7. The number of thiophene rings is 1. The number of rotatable bonds is 5. The summed E-state index contributed by atoms with van der Waals surface area (Å²) >= 11 is 1.22. The zero-order valence-electron chi connectivity index (χ0n) is 11.4. The summed E-state index contributed by atoms with van der Waals surface area (Å²) in [5, 5.41) is 12.4. The number of carbonyl (C=O) groups excluding carboxylic acids is 1. The van der Waals surface area contributed by atoms with Gasteiger partial charge in [-0.05, 0) is 32.3 Å². The Bertz CT molecular complexity index is 675. The number of aliphatic hydroxyl groups excluding tert-OH is 1. The summed E-state index contributed by atoms with van der Waals surface area (Å²) in [4.78, 5) is 31.5. The normalized spacial score (nSPS) is 12.6. The number of amides is 1. The molecule has 108 valence electrons. The van der Waals surface area contributed by atoms with Crippen LogP contribution in [0.1, 0.15) is 35.0 Å². The van der Waals surface area contributed by atoms with Gasteiger partial charge < -0.3 is 15.4 Å². The van der Waals surface area contributed by atoms with Crippen molar-refractivity contribution in [2.75, 3.05) is 6.54 Å². The minimum absolute atomic E-state index is 0.199. The van der Waals surface area contributed by atoms with Crippen molar-refractivity contribution in [3.63, 3.8) is 0 Å². The van der Waals surface area contributed by atoms with E-state index in [1.165, 1.54) is 17.7 Å².